The molecule has 3 aliphatic rings. The number of rotatable bonds is 14. The summed E-state index contributed by atoms with van der Waals surface area (Å²) in [6.45, 7) is 7.19. The van der Waals surface area contributed by atoms with Crippen molar-refractivity contribution in [1.82, 2.24) is 9.80 Å². The molecule has 1 amide bonds. The third-order valence-electron chi connectivity index (χ3n) is 8.29. The van der Waals surface area contributed by atoms with Crippen LogP contribution in [0, 0.1) is 5.92 Å². The number of nitrogens with zero attached hydrogens (tertiary/aromatic N) is 3. The number of aliphatic carboxylic acids is 1. The van der Waals surface area contributed by atoms with E-state index in [0.29, 0.717) is 39.2 Å². The number of likely N-dealkylation sites (tertiary alicyclic amines) is 1. The first kappa shape index (κ1) is 29.8. The second-order valence-corrected chi connectivity index (χ2v) is 12.3. The van der Waals surface area contributed by atoms with Crippen molar-refractivity contribution in [3.05, 3.63) is 29.3 Å². The Bertz CT molecular complexity index is 974. The minimum absolute atomic E-state index is 0.0929. The number of fused-ring (bicyclic) bond motifs is 1. The first-order chi connectivity index (χ1) is 18.7. The van der Waals surface area contributed by atoms with Crippen LogP contribution in [-0.2, 0) is 25.5 Å². The van der Waals surface area contributed by atoms with Gasteiger partial charge in [0.2, 0.25) is 5.91 Å². The van der Waals surface area contributed by atoms with Gasteiger partial charge < -0.3 is 28.7 Å². The van der Waals surface area contributed by atoms with Crippen molar-refractivity contribution in [1.29, 1.82) is 0 Å². The van der Waals surface area contributed by atoms with Crippen molar-refractivity contribution in [2.75, 3.05) is 73.7 Å². The first-order valence-corrected chi connectivity index (χ1v) is 14.7. The third kappa shape index (κ3) is 7.93. The number of unbranched alkanes of at least 4 members (excludes halogenated alkanes) is 1. The van der Waals surface area contributed by atoms with Crippen molar-refractivity contribution in [3.63, 3.8) is 0 Å². The number of carboxylic acids is 1. The molecule has 9 nitrogen and oxygen atoms in total. The Balaban J connectivity index is 1.53. The summed E-state index contributed by atoms with van der Waals surface area (Å²) in [6, 6.07) is 5.83. The molecule has 0 saturated carbocycles. The van der Waals surface area contributed by atoms with Crippen LogP contribution in [0.4, 0.5) is 0 Å². The van der Waals surface area contributed by atoms with Gasteiger partial charge in [0, 0.05) is 44.4 Å². The Labute approximate surface area is 233 Å². The topological polar surface area (TPSA) is 88.5 Å². The monoisotopic (exact) mass is 546 g/mol. The molecule has 0 bridgehead atoms. The number of ether oxygens (including phenoxy) is 3. The van der Waals surface area contributed by atoms with Crippen molar-refractivity contribution in [2.45, 2.75) is 63.7 Å². The zero-order valence-corrected chi connectivity index (χ0v) is 24.3. The van der Waals surface area contributed by atoms with Crippen LogP contribution in [0.3, 0.4) is 0 Å². The average Bonchev–Trinajstić information content (AvgIpc) is 3.63. The van der Waals surface area contributed by atoms with E-state index in [2.05, 4.69) is 39.0 Å². The second-order valence-electron chi connectivity index (χ2n) is 12.3. The molecule has 0 unspecified atom stereocenters. The number of carboxylic acid groups (broad SMARTS) is 1. The van der Waals surface area contributed by atoms with E-state index in [9.17, 15) is 14.7 Å². The number of hydrogen-bond acceptors (Lipinski definition) is 6. The molecule has 39 heavy (non-hydrogen) atoms. The van der Waals surface area contributed by atoms with Gasteiger partial charge in [-0.2, -0.15) is 0 Å². The van der Waals surface area contributed by atoms with E-state index < -0.39 is 11.9 Å². The van der Waals surface area contributed by atoms with E-state index in [1.165, 1.54) is 0 Å². The average molecular weight is 547 g/mol. The maximum absolute atomic E-state index is 13.7. The van der Waals surface area contributed by atoms with E-state index in [1.54, 1.807) is 0 Å². The number of hydrogen-bond donors (Lipinski definition) is 1. The number of carbonyl (C=O) groups is 2. The molecule has 4 rings (SSSR count). The molecule has 1 aromatic rings. The normalized spacial score (nSPS) is 23.6. The lowest BCUT2D eigenvalue weighted by molar-refractivity contribution is -0.870. The van der Waals surface area contributed by atoms with Gasteiger partial charge in [-0.25, -0.2) is 0 Å². The van der Waals surface area contributed by atoms with Gasteiger partial charge in [0.15, 0.2) is 6.29 Å². The molecule has 9 heteroatoms. The Morgan fingerprint density at radius 1 is 1.08 bits per heavy atom. The van der Waals surface area contributed by atoms with Crippen LogP contribution in [0.15, 0.2) is 18.2 Å². The highest BCUT2D eigenvalue weighted by Gasteiger charge is 2.47. The Kier molecular flexibility index (Phi) is 10.3. The van der Waals surface area contributed by atoms with E-state index in [4.69, 9.17) is 14.2 Å². The Morgan fingerprint density at radius 2 is 1.82 bits per heavy atom. The largest absolute Gasteiger partial charge is 0.493 e. The van der Waals surface area contributed by atoms with E-state index in [0.717, 1.165) is 66.7 Å². The summed E-state index contributed by atoms with van der Waals surface area (Å²) in [5, 5.41) is 10.5. The van der Waals surface area contributed by atoms with Gasteiger partial charge in [-0.05, 0) is 36.5 Å². The van der Waals surface area contributed by atoms with E-state index >= 15 is 0 Å². The maximum Gasteiger partial charge on any atom is 0.308 e. The molecule has 1 N–H and O–H groups in total. The van der Waals surface area contributed by atoms with E-state index in [1.807, 2.05) is 17.0 Å². The summed E-state index contributed by atoms with van der Waals surface area (Å²) in [5.41, 5.74) is 2.16. The van der Waals surface area contributed by atoms with Crippen LogP contribution < -0.4 is 4.74 Å². The molecular weight excluding hydrogens is 498 g/mol. The van der Waals surface area contributed by atoms with Crippen molar-refractivity contribution < 1.29 is 33.4 Å². The zero-order valence-electron chi connectivity index (χ0n) is 24.3. The fourth-order valence-corrected chi connectivity index (χ4v) is 6.23. The molecule has 3 heterocycles. The molecule has 0 spiro atoms. The van der Waals surface area contributed by atoms with Crippen molar-refractivity contribution in [3.8, 4) is 5.75 Å². The van der Waals surface area contributed by atoms with Crippen molar-refractivity contribution in [2.24, 2.45) is 5.92 Å². The Morgan fingerprint density at radius 3 is 2.51 bits per heavy atom. The first-order valence-electron chi connectivity index (χ1n) is 14.7. The fraction of sp³-hybridized carbons (Fsp3) is 0.733. The van der Waals surface area contributed by atoms with Gasteiger partial charge in [-0.15, -0.1) is 0 Å². The van der Waals surface area contributed by atoms with Crippen LogP contribution in [0.1, 0.15) is 56.1 Å². The summed E-state index contributed by atoms with van der Waals surface area (Å²) in [4.78, 5) is 30.6. The molecule has 0 aromatic heterocycles. The molecule has 2 saturated heterocycles. The lowest BCUT2D eigenvalue weighted by atomic mass is 9.83. The lowest BCUT2D eigenvalue weighted by Gasteiger charge is -2.31. The van der Waals surface area contributed by atoms with Crippen LogP contribution in [-0.4, -0.2) is 117 Å². The van der Waals surface area contributed by atoms with Gasteiger partial charge in [-0.3, -0.25) is 14.5 Å². The lowest BCUT2D eigenvalue weighted by Crippen LogP contribution is -2.45. The van der Waals surface area contributed by atoms with Gasteiger partial charge in [-0.1, -0.05) is 25.5 Å². The molecule has 2 fully saturated rings. The molecule has 218 valence electrons. The summed E-state index contributed by atoms with van der Waals surface area (Å²) >= 11 is 0. The molecule has 0 aliphatic carbocycles. The minimum atomic E-state index is -0.809. The smallest absolute Gasteiger partial charge is 0.308 e. The van der Waals surface area contributed by atoms with Gasteiger partial charge in [0.1, 0.15) is 5.75 Å². The Hall–Kier alpha value is -2.20. The fourth-order valence-electron chi connectivity index (χ4n) is 6.23. The molecule has 0 radical (unpaired) electrons. The molecule has 1 aromatic carbocycles. The van der Waals surface area contributed by atoms with Crippen LogP contribution in [0.5, 0.6) is 5.75 Å². The molecule has 3 atom stereocenters. The van der Waals surface area contributed by atoms with Crippen LogP contribution in [0.2, 0.25) is 0 Å². The maximum atomic E-state index is 13.7. The van der Waals surface area contributed by atoms with Crippen LogP contribution in [0.25, 0.3) is 0 Å². The third-order valence-corrected chi connectivity index (χ3v) is 8.29. The standard InChI is InChI=1S/C30H47N3O6/c1-5-6-13-31(14-7-15-33(2,3)4)27(34)21-32-20-24(22-8-10-26-23(19-22)12-16-37-26)29(30(35)36)25(32)9-11-28-38-17-18-39-28/h8,10,19,24-25,28-29H,5-7,9,11-18,20-21H2,1-4H3/p+1/t24-,25+,29-/m1/s1. The highest BCUT2D eigenvalue weighted by Crippen LogP contribution is 2.41. The van der Waals surface area contributed by atoms with Gasteiger partial charge >= 0.3 is 5.97 Å². The quantitative estimate of drug-likeness (QED) is 0.359. The minimum Gasteiger partial charge on any atom is -0.493 e. The zero-order chi connectivity index (χ0) is 28.0. The van der Waals surface area contributed by atoms with E-state index in [-0.39, 0.29) is 30.7 Å². The summed E-state index contributed by atoms with van der Waals surface area (Å²) in [7, 11) is 6.51. The number of amides is 1. The highest BCUT2D eigenvalue weighted by atomic mass is 16.7. The second kappa shape index (κ2) is 13.4. The number of benzene rings is 1. The summed E-state index contributed by atoms with van der Waals surface area (Å²) in [6.07, 6.45) is 4.70. The van der Waals surface area contributed by atoms with Crippen LogP contribution >= 0.6 is 0 Å². The van der Waals surface area contributed by atoms with Gasteiger partial charge in [0.05, 0.1) is 60.0 Å². The predicted molar refractivity (Wildman–Crippen MR) is 149 cm³/mol. The molecule has 3 aliphatic heterocycles. The summed E-state index contributed by atoms with van der Waals surface area (Å²) in [5.74, 6) is -0.630. The van der Waals surface area contributed by atoms with Crippen molar-refractivity contribution >= 4 is 11.9 Å². The SMILES string of the molecule is CCCCN(CCC[N+](C)(C)C)C(=O)CN1C[C@H](c2ccc3c(c2)CCO3)[C@@H](C(=O)O)[C@@H]1CCC1OCCO1. The number of carbonyl (C=O) groups excluding carboxylic acids is 1. The number of quaternary nitrogens is 1. The van der Waals surface area contributed by atoms with Gasteiger partial charge in [0.25, 0.3) is 0 Å². The molecular formula is C30H48N3O6+. The predicted octanol–water partition coefficient (Wildman–Crippen LogP) is 2.97. The summed E-state index contributed by atoms with van der Waals surface area (Å²) < 4.78 is 17.9. The highest BCUT2D eigenvalue weighted by molar-refractivity contribution is 5.79.